The highest BCUT2D eigenvalue weighted by molar-refractivity contribution is 4.54. The van der Waals surface area contributed by atoms with Crippen molar-refractivity contribution in [1.82, 2.24) is 0 Å². The molecule has 0 amide bonds. The van der Waals surface area contributed by atoms with E-state index in [-0.39, 0.29) is 6.10 Å². The summed E-state index contributed by atoms with van der Waals surface area (Å²) in [6, 6.07) is 0. The van der Waals surface area contributed by atoms with Gasteiger partial charge in [-0.1, -0.05) is 52.4 Å². The lowest BCUT2D eigenvalue weighted by Gasteiger charge is -2.10. The lowest BCUT2D eigenvalue weighted by molar-refractivity contribution is 0.0316. The van der Waals surface area contributed by atoms with Crippen LogP contribution in [-0.4, -0.2) is 24.4 Å². The van der Waals surface area contributed by atoms with E-state index in [4.69, 9.17) is 4.74 Å². The van der Waals surface area contributed by atoms with E-state index in [9.17, 15) is 5.11 Å². The molecule has 1 atom stereocenters. The Bertz CT molecular complexity index is 115. The molecule has 1 N–H and O–H groups in total. The maximum absolute atomic E-state index is 9.55. The summed E-state index contributed by atoms with van der Waals surface area (Å²) in [4.78, 5) is 0. The number of hydrogen-bond acceptors (Lipinski definition) is 2. The molecule has 0 saturated heterocycles. The van der Waals surface area contributed by atoms with Crippen LogP contribution >= 0.6 is 0 Å². The highest BCUT2D eigenvalue weighted by Gasteiger charge is 2.03. The number of aliphatic hydroxyl groups excluding tert-OH is 1. The van der Waals surface area contributed by atoms with Crippen LogP contribution in [0.5, 0.6) is 0 Å². The molecule has 0 rings (SSSR count). The largest absolute Gasteiger partial charge is 0.391 e. The second kappa shape index (κ2) is 12.0. The smallest absolute Gasteiger partial charge is 0.0773 e. The topological polar surface area (TPSA) is 29.5 Å². The minimum Gasteiger partial charge on any atom is -0.391 e. The monoisotopic (exact) mass is 216 g/mol. The molecular weight excluding hydrogens is 188 g/mol. The fourth-order valence-corrected chi connectivity index (χ4v) is 1.61. The first-order chi connectivity index (χ1) is 7.31. The van der Waals surface area contributed by atoms with Gasteiger partial charge in [0.1, 0.15) is 0 Å². The third kappa shape index (κ3) is 11.8. The molecule has 0 aromatic heterocycles. The molecule has 0 bridgehead atoms. The van der Waals surface area contributed by atoms with Crippen molar-refractivity contribution < 1.29 is 9.84 Å². The quantitative estimate of drug-likeness (QED) is 0.535. The molecule has 0 aliphatic heterocycles. The standard InChI is InChI=1S/C13H28O2/c1-3-5-6-7-8-9-10-13(14)12-15-11-4-2/h13-14H,3-12H2,1-2H3. The van der Waals surface area contributed by atoms with Crippen molar-refractivity contribution in [1.29, 1.82) is 0 Å². The van der Waals surface area contributed by atoms with Crippen LogP contribution in [0, 0.1) is 0 Å². The summed E-state index contributed by atoms with van der Waals surface area (Å²) in [5.74, 6) is 0. The van der Waals surface area contributed by atoms with Gasteiger partial charge in [0.2, 0.25) is 0 Å². The van der Waals surface area contributed by atoms with Crippen LogP contribution in [0.2, 0.25) is 0 Å². The van der Waals surface area contributed by atoms with Gasteiger partial charge in [-0.05, 0) is 12.8 Å². The summed E-state index contributed by atoms with van der Waals surface area (Å²) in [5.41, 5.74) is 0. The van der Waals surface area contributed by atoms with Gasteiger partial charge in [-0.15, -0.1) is 0 Å². The molecule has 15 heavy (non-hydrogen) atoms. The van der Waals surface area contributed by atoms with Gasteiger partial charge < -0.3 is 9.84 Å². The van der Waals surface area contributed by atoms with Gasteiger partial charge >= 0.3 is 0 Å². The summed E-state index contributed by atoms with van der Waals surface area (Å²) < 4.78 is 5.29. The van der Waals surface area contributed by atoms with Crippen molar-refractivity contribution in [2.45, 2.75) is 71.3 Å². The second-order valence-corrected chi connectivity index (χ2v) is 4.29. The van der Waals surface area contributed by atoms with E-state index in [0.717, 1.165) is 25.9 Å². The third-order valence-corrected chi connectivity index (χ3v) is 2.55. The first-order valence-electron chi connectivity index (χ1n) is 6.57. The molecule has 0 aromatic rings. The first-order valence-corrected chi connectivity index (χ1v) is 6.57. The number of unbranched alkanes of at least 4 members (excludes halogenated alkanes) is 5. The molecule has 0 aromatic carbocycles. The number of aliphatic hydroxyl groups is 1. The molecule has 0 heterocycles. The maximum atomic E-state index is 9.55. The fourth-order valence-electron chi connectivity index (χ4n) is 1.61. The van der Waals surface area contributed by atoms with Crippen LogP contribution in [-0.2, 0) is 4.74 Å². The Balaban J connectivity index is 3.06. The van der Waals surface area contributed by atoms with E-state index >= 15 is 0 Å². The lowest BCUT2D eigenvalue weighted by atomic mass is 10.1. The first kappa shape index (κ1) is 14.9. The Hall–Kier alpha value is -0.0800. The fraction of sp³-hybridized carbons (Fsp3) is 1.00. The van der Waals surface area contributed by atoms with Gasteiger partial charge in [-0.2, -0.15) is 0 Å². The van der Waals surface area contributed by atoms with Crippen LogP contribution < -0.4 is 0 Å². The Labute approximate surface area is 95.0 Å². The van der Waals surface area contributed by atoms with Crippen molar-refractivity contribution in [2.24, 2.45) is 0 Å². The van der Waals surface area contributed by atoms with E-state index in [1.54, 1.807) is 0 Å². The lowest BCUT2D eigenvalue weighted by Crippen LogP contribution is -2.15. The van der Waals surface area contributed by atoms with Gasteiger partial charge in [0.25, 0.3) is 0 Å². The SMILES string of the molecule is CCCCCCCCC(O)COCCC. The molecule has 0 aliphatic carbocycles. The number of rotatable bonds is 11. The van der Waals surface area contributed by atoms with Gasteiger partial charge in [-0.25, -0.2) is 0 Å². The van der Waals surface area contributed by atoms with Crippen molar-refractivity contribution in [3.63, 3.8) is 0 Å². The summed E-state index contributed by atoms with van der Waals surface area (Å²) in [6.07, 6.45) is 9.39. The predicted molar refractivity (Wildman–Crippen MR) is 65.1 cm³/mol. The van der Waals surface area contributed by atoms with E-state index in [0.29, 0.717) is 6.61 Å². The van der Waals surface area contributed by atoms with Crippen LogP contribution in [0.4, 0.5) is 0 Å². The minimum absolute atomic E-state index is 0.247. The number of ether oxygens (including phenoxy) is 1. The molecule has 0 fully saturated rings. The van der Waals surface area contributed by atoms with Crippen molar-refractivity contribution in [3.05, 3.63) is 0 Å². The molecule has 0 saturated carbocycles. The molecule has 2 nitrogen and oxygen atoms in total. The van der Waals surface area contributed by atoms with Crippen molar-refractivity contribution in [3.8, 4) is 0 Å². The van der Waals surface area contributed by atoms with E-state index < -0.39 is 0 Å². The Morgan fingerprint density at radius 2 is 1.60 bits per heavy atom. The summed E-state index contributed by atoms with van der Waals surface area (Å²) >= 11 is 0. The van der Waals surface area contributed by atoms with Crippen LogP contribution in [0.3, 0.4) is 0 Å². The van der Waals surface area contributed by atoms with E-state index in [2.05, 4.69) is 13.8 Å². The summed E-state index contributed by atoms with van der Waals surface area (Å²) in [7, 11) is 0. The average Bonchev–Trinajstić information content (AvgIpc) is 2.23. The van der Waals surface area contributed by atoms with E-state index in [1.807, 2.05) is 0 Å². The Morgan fingerprint density at radius 1 is 0.933 bits per heavy atom. The molecule has 1 unspecified atom stereocenters. The zero-order valence-corrected chi connectivity index (χ0v) is 10.5. The molecule has 92 valence electrons. The van der Waals surface area contributed by atoms with Gasteiger partial charge in [-0.3, -0.25) is 0 Å². The van der Waals surface area contributed by atoms with Gasteiger partial charge in [0.05, 0.1) is 12.7 Å². The van der Waals surface area contributed by atoms with Crippen LogP contribution in [0.15, 0.2) is 0 Å². The number of hydrogen-bond donors (Lipinski definition) is 1. The maximum Gasteiger partial charge on any atom is 0.0773 e. The zero-order chi connectivity index (χ0) is 11.4. The van der Waals surface area contributed by atoms with Crippen LogP contribution in [0.1, 0.15) is 65.2 Å². The Morgan fingerprint density at radius 3 is 2.27 bits per heavy atom. The molecule has 2 heteroatoms. The van der Waals surface area contributed by atoms with Gasteiger partial charge in [0, 0.05) is 6.61 Å². The second-order valence-electron chi connectivity index (χ2n) is 4.29. The highest BCUT2D eigenvalue weighted by Crippen LogP contribution is 2.08. The zero-order valence-electron chi connectivity index (χ0n) is 10.5. The minimum atomic E-state index is -0.247. The van der Waals surface area contributed by atoms with Crippen molar-refractivity contribution >= 4 is 0 Å². The average molecular weight is 216 g/mol. The Kier molecular flexibility index (Phi) is 11.9. The van der Waals surface area contributed by atoms with Gasteiger partial charge in [0.15, 0.2) is 0 Å². The van der Waals surface area contributed by atoms with E-state index in [1.165, 1.54) is 32.1 Å². The predicted octanol–water partition coefficient (Wildman–Crippen LogP) is 3.52. The third-order valence-electron chi connectivity index (χ3n) is 2.55. The summed E-state index contributed by atoms with van der Waals surface area (Å²) in [6.45, 7) is 5.60. The molecular formula is C13H28O2. The summed E-state index contributed by atoms with van der Waals surface area (Å²) in [5, 5.41) is 9.55. The van der Waals surface area contributed by atoms with Crippen molar-refractivity contribution in [2.75, 3.05) is 13.2 Å². The molecule has 0 radical (unpaired) electrons. The molecule has 0 aliphatic rings. The highest BCUT2D eigenvalue weighted by atomic mass is 16.5. The molecule has 0 spiro atoms. The van der Waals surface area contributed by atoms with Crippen LogP contribution in [0.25, 0.3) is 0 Å². The normalized spacial score (nSPS) is 13.0.